The van der Waals surface area contributed by atoms with Crippen LogP contribution < -0.4 is 5.73 Å². The highest BCUT2D eigenvalue weighted by atomic mass is 32.1. The number of nitrogens with zero attached hydrogens (tertiary/aromatic N) is 4. The number of nitriles is 1. The van der Waals surface area contributed by atoms with Gasteiger partial charge in [-0.25, -0.2) is 0 Å². The molecule has 0 saturated carbocycles. The molecule has 0 aliphatic heterocycles. The van der Waals surface area contributed by atoms with Crippen LogP contribution in [0.4, 0.5) is 5.69 Å². The summed E-state index contributed by atoms with van der Waals surface area (Å²) in [6.45, 7) is 0.0384. The third-order valence-electron chi connectivity index (χ3n) is 3.38. The van der Waals surface area contributed by atoms with Gasteiger partial charge in [-0.15, -0.1) is 21.5 Å². The van der Waals surface area contributed by atoms with Gasteiger partial charge in [-0.3, -0.25) is 10.1 Å². The van der Waals surface area contributed by atoms with E-state index in [0.29, 0.717) is 21.7 Å². The molecule has 1 aromatic carbocycles. The third-order valence-corrected chi connectivity index (χ3v) is 5.36. The molecular formula is C16H11N5O2S2. The summed E-state index contributed by atoms with van der Waals surface area (Å²) in [7, 11) is 0. The smallest absolute Gasteiger partial charge is 0.269 e. The third kappa shape index (κ3) is 3.46. The Hall–Kier alpha value is -2.93. The Morgan fingerprint density at radius 1 is 1.28 bits per heavy atom. The summed E-state index contributed by atoms with van der Waals surface area (Å²) in [5.41, 5.74) is 7.23. The van der Waals surface area contributed by atoms with Crippen LogP contribution in [0.3, 0.4) is 0 Å². The molecule has 0 atom stereocenters. The lowest BCUT2D eigenvalue weighted by molar-refractivity contribution is -0.384. The Labute approximate surface area is 150 Å². The molecule has 2 aromatic heterocycles. The molecule has 7 nitrogen and oxygen atoms in total. The minimum atomic E-state index is -0.471. The summed E-state index contributed by atoms with van der Waals surface area (Å²) in [5, 5.41) is 31.9. The highest BCUT2D eigenvalue weighted by molar-refractivity contribution is 7.21. The average molecular weight is 369 g/mol. The zero-order valence-corrected chi connectivity index (χ0v) is 14.4. The van der Waals surface area contributed by atoms with Crippen molar-refractivity contribution in [2.45, 2.75) is 0 Å². The van der Waals surface area contributed by atoms with Crippen LogP contribution in [0.25, 0.3) is 15.5 Å². The lowest BCUT2D eigenvalue weighted by atomic mass is 10.0. The number of nitro benzene ring substituents is 1. The number of rotatable bonds is 5. The fourth-order valence-electron chi connectivity index (χ4n) is 2.20. The molecule has 0 fully saturated rings. The Balaban J connectivity index is 2.09. The molecule has 124 valence electrons. The molecule has 25 heavy (non-hydrogen) atoms. The normalized spacial score (nSPS) is 11.7. The number of non-ortho nitro benzene ring substituents is 1. The van der Waals surface area contributed by atoms with E-state index in [1.165, 1.54) is 23.5 Å². The second-order valence-electron chi connectivity index (χ2n) is 4.86. The maximum absolute atomic E-state index is 10.8. The van der Waals surface area contributed by atoms with Crippen molar-refractivity contribution in [3.8, 4) is 16.0 Å². The van der Waals surface area contributed by atoms with Crippen molar-refractivity contribution < 1.29 is 4.92 Å². The first-order valence-corrected chi connectivity index (χ1v) is 8.79. The van der Waals surface area contributed by atoms with Gasteiger partial charge in [-0.1, -0.05) is 17.4 Å². The molecule has 3 aromatic rings. The first-order valence-electron chi connectivity index (χ1n) is 7.10. The van der Waals surface area contributed by atoms with Crippen molar-refractivity contribution in [1.82, 2.24) is 10.2 Å². The predicted molar refractivity (Wildman–Crippen MR) is 97.0 cm³/mol. The summed E-state index contributed by atoms with van der Waals surface area (Å²) >= 11 is 2.90. The zero-order chi connectivity index (χ0) is 17.8. The predicted octanol–water partition coefficient (Wildman–Crippen LogP) is 3.46. The maximum Gasteiger partial charge on any atom is 0.269 e. The largest absolute Gasteiger partial charge is 0.326 e. The summed E-state index contributed by atoms with van der Waals surface area (Å²) in [4.78, 5) is 11.3. The summed E-state index contributed by atoms with van der Waals surface area (Å²) in [6.07, 6.45) is 0. The second-order valence-corrected chi connectivity index (χ2v) is 6.79. The first-order chi connectivity index (χ1) is 12.1. The molecule has 0 amide bonds. The fourth-order valence-corrected chi connectivity index (χ4v) is 3.93. The summed E-state index contributed by atoms with van der Waals surface area (Å²) < 4.78 is 0. The lowest BCUT2D eigenvalue weighted by Crippen LogP contribution is -2.05. The Bertz CT molecular complexity index is 969. The number of thiophene rings is 1. The van der Waals surface area contributed by atoms with Crippen LogP contribution >= 0.6 is 22.7 Å². The van der Waals surface area contributed by atoms with Crippen LogP contribution in [0, 0.1) is 21.4 Å². The molecule has 0 aliphatic rings. The van der Waals surface area contributed by atoms with Crippen LogP contribution in [0.5, 0.6) is 0 Å². The van der Waals surface area contributed by atoms with Crippen LogP contribution in [-0.2, 0) is 0 Å². The number of hydrogen-bond acceptors (Lipinski definition) is 8. The summed E-state index contributed by atoms with van der Waals surface area (Å²) in [5.74, 6) is 0. The van der Waals surface area contributed by atoms with Crippen molar-refractivity contribution in [3.05, 3.63) is 68.0 Å². The van der Waals surface area contributed by atoms with E-state index in [1.807, 2.05) is 17.5 Å². The van der Waals surface area contributed by atoms with Gasteiger partial charge in [0.1, 0.15) is 5.01 Å². The molecule has 0 radical (unpaired) electrons. The van der Waals surface area contributed by atoms with Crippen molar-refractivity contribution in [2.75, 3.05) is 6.54 Å². The van der Waals surface area contributed by atoms with E-state index in [9.17, 15) is 15.4 Å². The van der Waals surface area contributed by atoms with E-state index in [-0.39, 0.29) is 12.2 Å². The van der Waals surface area contributed by atoms with Gasteiger partial charge in [-0.2, -0.15) is 5.26 Å². The van der Waals surface area contributed by atoms with Gasteiger partial charge in [0.05, 0.1) is 21.4 Å². The Morgan fingerprint density at radius 2 is 2.04 bits per heavy atom. The van der Waals surface area contributed by atoms with E-state index in [0.717, 1.165) is 9.88 Å². The van der Waals surface area contributed by atoms with Crippen LogP contribution in [-0.4, -0.2) is 21.7 Å². The SMILES string of the molecule is N#C/C(CN)=C(\c1ccc([N+](=O)[O-])cc1)c1nnc(-c2cccs2)s1. The second kappa shape index (κ2) is 7.31. The van der Waals surface area contributed by atoms with Crippen LogP contribution in [0.2, 0.25) is 0 Å². The number of aromatic nitrogens is 2. The van der Waals surface area contributed by atoms with Gasteiger partial charge in [0.2, 0.25) is 0 Å². The number of nitro groups is 1. The maximum atomic E-state index is 10.8. The van der Waals surface area contributed by atoms with Crippen LogP contribution in [0.15, 0.2) is 47.4 Å². The quantitative estimate of drug-likeness (QED) is 0.418. The molecule has 0 saturated heterocycles. The van der Waals surface area contributed by atoms with Gasteiger partial charge >= 0.3 is 0 Å². The van der Waals surface area contributed by atoms with E-state index in [1.54, 1.807) is 23.5 Å². The molecule has 0 unspecified atom stereocenters. The monoisotopic (exact) mass is 369 g/mol. The molecule has 2 N–H and O–H groups in total. The van der Waals surface area contributed by atoms with Crippen molar-refractivity contribution in [1.29, 1.82) is 5.26 Å². The van der Waals surface area contributed by atoms with E-state index < -0.39 is 4.92 Å². The minimum Gasteiger partial charge on any atom is -0.326 e. The average Bonchev–Trinajstić information content (AvgIpc) is 3.31. The van der Waals surface area contributed by atoms with E-state index >= 15 is 0 Å². The van der Waals surface area contributed by atoms with E-state index in [4.69, 9.17) is 5.73 Å². The number of hydrogen-bond donors (Lipinski definition) is 1. The van der Waals surface area contributed by atoms with Gasteiger partial charge < -0.3 is 5.73 Å². The fraction of sp³-hybridized carbons (Fsp3) is 0.0625. The van der Waals surface area contributed by atoms with Gasteiger partial charge in [0.15, 0.2) is 5.01 Å². The van der Waals surface area contributed by atoms with Gasteiger partial charge in [-0.05, 0) is 29.1 Å². The summed E-state index contributed by atoms with van der Waals surface area (Å²) in [6, 6.07) is 11.9. The molecule has 0 spiro atoms. The number of benzene rings is 1. The Morgan fingerprint density at radius 3 is 2.60 bits per heavy atom. The first kappa shape index (κ1) is 16.9. The Kier molecular flexibility index (Phi) is 4.95. The van der Waals surface area contributed by atoms with Crippen molar-refractivity contribution in [3.63, 3.8) is 0 Å². The van der Waals surface area contributed by atoms with E-state index in [2.05, 4.69) is 16.3 Å². The highest BCUT2D eigenvalue weighted by Gasteiger charge is 2.18. The lowest BCUT2D eigenvalue weighted by Gasteiger charge is -2.06. The van der Waals surface area contributed by atoms with Gasteiger partial charge in [0, 0.05) is 24.3 Å². The molecular weight excluding hydrogens is 358 g/mol. The van der Waals surface area contributed by atoms with Crippen molar-refractivity contribution in [2.24, 2.45) is 5.73 Å². The molecule has 0 aliphatic carbocycles. The molecule has 0 bridgehead atoms. The molecule has 3 rings (SSSR count). The highest BCUT2D eigenvalue weighted by Crippen LogP contribution is 2.34. The van der Waals surface area contributed by atoms with Gasteiger partial charge in [0.25, 0.3) is 5.69 Å². The minimum absolute atomic E-state index is 0.0223. The van der Waals surface area contributed by atoms with Crippen molar-refractivity contribution >= 4 is 33.9 Å². The zero-order valence-electron chi connectivity index (χ0n) is 12.7. The molecule has 2 heterocycles. The standard InChI is InChI=1S/C16H11N5O2S2/c17-8-11(9-18)14(10-3-5-12(6-4-10)21(22)23)16-20-19-15(25-16)13-2-1-7-24-13/h1-7H,8,17H2/b14-11+. The molecule has 9 heteroatoms. The number of nitrogens with two attached hydrogens (primary N) is 1. The topological polar surface area (TPSA) is 119 Å². The van der Waals surface area contributed by atoms with Crippen LogP contribution in [0.1, 0.15) is 10.6 Å².